The van der Waals surface area contributed by atoms with Crippen molar-refractivity contribution in [2.45, 2.75) is 19.4 Å². The molecule has 1 aliphatic heterocycles. The Morgan fingerprint density at radius 2 is 2.04 bits per heavy atom. The molecule has 0 spiro atoms. The molecule has 1 aliphatic rings. The third-order valence-electron chi connectivity index (χ3n) is 3.87. The third kappa shape index (κ3) is 3.74. The average molecular weight is 350 g/mol. The van der Waals surface area contributed by atoms with E-state index in [0.29, 0.717) is 12.3 Å². The van der Waals surface area contributed by atoms with Gasteiger partial charge in [-0.25, -0.2) is 0 Å². The molecule has 7 nitrogen and oxygen atoms in total. The fraction of sp³-hybridized carbons (Fsp3) is 0.312. The zero-order valence-electron chi connectivity index (χ0n) is 12.8. The molecule has 8 heteroatoms. The summed E-state index contributed by atoms with van der Waals surface area (Å²) in [5, 5.41) is 13.8. The molecule has 0 atom stereocenters. The minimum atomic E-state index is -0.595. The van der Waals surface area contributed by atoms with Gasteiger partial charge in [0, 0.05) is 11.1 Å². The summed E-state index contributed by atoms with van der Waals surface area (Å²) in [7, 11) is 0. The first-order valence-corrected chi connectivity index (χ1v) is 7.97. The largest absolute Gasteiger partial charge is 0.455 e. The van der Waals surface area contributed by atoms with Gasteiger partial charge in [0.25, 0.3) is 11.6 Å². The van der Waals surface area contributed by atoms with E-state index in [2.05, 4.69) is 10.2 Å². The van der Waals surface area contributed by atoms with Gasteiger partial charge in [0.1, 0.15) is 11.4 Å². The lowest BCUT2D eigenvalue weighted by molar-refractivity contribution is -0.383. The van der Waals surface area contributed by atoms with Crippen LogP contribution in [0.3, 0.4) is 0 Å². The monoisotopic (exact) mass is 349 g/mol. The predicted octanol–water partition coefficient (Wildman–Crippen LogP) is 3.69. The summed E-state index contributed by atoms with van der Waals surface area (Å²) in [6.07, 6.45) is 2.35. The van der Waals surface area contributed by atoms with Crippen molar-refractivity contribution in [1.82, 2.24) is 4.90 Å². The number of amides is 1. The van der Waals surface area contributed by atoms with Crippen molar-refractivity contribution < 1.29 is 14.1 Å². The maximum absolute atomic E-state index is 12.3. The Kier molecular flexibility index (Phi) is 4.82. The second kappa shape index (κ2) is 7.02. The number of carbonyl (C=O) groups is 1. The van der Waals surface area contributed by atoms with Gasteiger partial charge in [-0.1, -0.05) is 11.6 Å². The van der Waals surface area contributed by atoms with Crippen LogP contribution in [0.4, 0.5) is 11.4 Å². The average Bonchev–Trinajstić information content (AvgIpc) is 3.21. The topological polar surface area (TPSA) is 88.6 Å². The lowest BCUT2D eigenvalue weighted by Gasteiger charge is -2.11. The highest BCUT2D eigenvalue weighted by atomic mass is 35.5. The Bertz CT molecular complexity index is 768. The molecule has 1 aromatic carbocycles. The molecule has 1 amide bonds. The summed E-state index contributed by atoms with van der Waals surface area (Å²) < 4.78 is 5.55. The number of nitrogens with zero attached hydrogens (tertiary/aromatic N) is 2. The van der Waals surface area contributed by atoms with E-state index >= 15 is 0 Å². The van der Waals surface area contributed by atoms with Crippen molar-refractivity contribution in [3.8, 4) is 0 Å². The van der Waals surface area contributed by atoms with Crippen LogP contribution in [-0.4, -0.2) is 28.8 Å². The Hall–Kier alpha value is -2.38. The highest BCUT2D eigenvalue weighted by Gasteiger charge is 2.20. The van der Waals surface area contributed by atoms with E-state index in [1.807, 2.05) is 0 Å². The van der Waals surface area contributed by atoms with Gasteiger partial charge in [-0.05, 0) is 50.2 Å². The van der Waals surface area contributed by atoms with Gasteiger partial charge in [0.05, 0.1) is 11.5 Å². The molecule has 0 aliphatic carbocycles. The number of hydrogen-bond donors (Lipinski definition) is 1. The SMILES string of the molecule is O=C(Nc1ccc(Cl)cc1[N+](=O)[O-])c1ccc(CN2CCCC2)o1. The van der Waals surface area contributed by atoms with Crippen LogP contribution in [0.25, 0.3) is 0 Å². The molecule has 24 heavy (non-hydrogen) atoms. The molecule has 0 radical (unpaired) electrons. The van der Waals surface area contributed by atoms with Crippen LogP contribution < -0.4 is 5.32 Å². The van der Waals surface area contributed by atoms with Crippen LogP contribution in [0.5, 0.6) is 0 Å². The summed E-state index contributed by atoms with van der Waals surface area (Å²) in [5.41, 5.74) is -0.188. The summed E-state index contributed by atoms with van der Waals surface area (Å²) >= 11 is 5.76. The molecule has 126 valence electrons. The van der Waals surface area contributed by atoms with Crippen molar-refractivity contribution >= 4 is 28.9 Å². The van der Waals surface area contributed by atoms with E-state index in [4.69, 9.17) is 16.0 Å². The normalized spacial score (nSPS) is 14.7. The number of benzene rings is 1. The van der Waals surface area contributed by atoms with Crippen molar-refractivity contribution in [1.29, 1.82) is 0 Å². The number of rotatable bonds is 5. The Morgan fingerprint density at radius 1 is 1.29 bits per heavy atom. The predicted molar refractivity (Wildman–Crippen MR) is 89.3 cm³/mol. The highest BCUT2D eigenvalue weighted by molar-refractivity contribution is 6.31. The Morgan fingerprint density at radius 3 is 2.75 bits per heavy atom. The van der Waals surface area contributed by atoms with Gasteiger partial charge in [-0.2, -0.15) is 0 Å². The van der Waals surface area contributed by atoms with E-state index in [-0.39, 0.29) is 22.2 Å². The standard InChI is InChI=1S/C16H16ClN3O4/c17-11-3-5-13(14(9-11)20(22)23)18-16(21)15-6-4-12(24-15)10-19-7-1-2-8-19/h3-6,9H,1-2,7-8,10H2,(H,18,21). The molecule has 1 saturated heterocycles. The van der Waals surface area contributed by atoms with Gasteiger partial charge >= 0.3 is 0 Å². The quantitative estimate of drug-likeness (QED) is 0.657. The summed E-state index contributed by atoms with van der Waals surface area (Å²) in [5.74, 6) is 0.286. The molecule has 1 N–H and O–H groups in total. The van der Waals surface area contributed by atoms with Crippen LogP contribution in [-0.2, 0) is 6.54 Å². The molecule has 2 heterocycles. The van der Waals surface area contributed by atoms with Crippen LogP contribution in [0.1, 0.15) is 29.2 Å². The van der Waals surface area contributed by atoms with Crippen molar-refractivity contribution in [3.05, 3.63) is 57.0 Å². The summed E-state index contributed by atoms with van der Waals surface area (Å²) in [6, 6.07) is 7.39. The zero-order chi connectivity index (χ0) is 17.1. The number of nitro benzene ring substituents is 1. The van der Waals surface area contributed by atoms with Gasteiger partial charge < -0.3 is 9.73 Å². The number of furan rings is 1. The maximum atomic E-state index is 12.3. The van der Waals surface area contributed by atoms with Gasteiger partial charge in [-0.15, -0.1) is 0 Å². The molecule has 2 aromatic rings. The second-order valence-electron chi connectivity index (χ2n) is 5.62. The van der Waals surface area contributed by atoms with Gasteiger partial charge in [-0.3, -0.25) is 19.8 Å². The van der Waals surface area contributed by atoms with Crippen LogP contribution >= 0.6 is 11.6 Å². The van der Waals surface area contributed by atoms with E-state index in [1.54, 1.807) is 12.1 Å². The van der Waals surface area contributed by atoms with Crippen molar-refractivity contribution in [3.63, 3.8) is 0 Å². The number of hydrogen-bond acceptors (Lipinski definition) is 5. The number of carbonyl (C=O) groups excluding carboxylic acids is 1. The number of likely N-dealkylation sites (tertiary alicyclic amines) is 1. The molecule has 0 unspecified atom stereocenters. The van der Waals surface area contributed by atoms with E-state index in [0.717, 1.165) is 13.1 Å². The molecule has 0 saturated carbocycles. The molecule has 1 aromatic heterocycles. The Labute approximate surface area is 143 Å². The molecule has 1 fully saturated rings. The van der Waals surface area contributed by atoms with Crippen LogP contribution in [0, 0.1) is 10.1 Å². The van der Waals surface area contributed by atoms with E-state index in [9.17, 15) is 14.9 Å². The van der Waals surface area contributed by atoms with Gasteiger partial charge in [0.15, 0.2) is 5.76 Å². The number of anilines is 1. The molecular weight excluding hydrogens is 334 g/mol. The van der Waals surface area contributed by atoms with E-state index in [1.165, 1.54) is 31.0 Å². The second-order valence-corrected chi connectivity index (χ2v) is 6.06. The van der Waals surface area contributed by atoms with Crippen LogP contribution in [0.2, 0.25) is 5.02 Å². The fourth-order valence-electron chi connectivity index (χ4n) is 2.69. The number of nitrogens with one attached hydrogen (secondary N) is 1. The van der Waals surface area contributed by atoms with Crippen molar-refractivity contribution in [2.75, 3.05) is 18.4 Å². The minimum Gasteiger partial charge on any atom is -0.455 e. The minimum absolute atomic E-state index is 0.0758. The van der Waals surface area contributed by atoms with E-state index < -0.39 is 10.8 Å². The summed E-state index contributed by atoms with van der Waals surface area (Å²) in [6.45, 7) is 2.72. The maximum Gasteiger partial charge on any atom is 0.294 e. The number of nitro groups is 1. The fourth-order valence-corrected chi connectivity index (χ4v) is 2.86. The number of halogens is 1. The smallest absolute Gasteiger partial charge is 0.294 e. The molecule has 0 bridgehead atoms. The Balaban J connectivity index is 1.71. The summed E-state index contributed by atoms with van der Waals surface area (Å²) in [4.78, 5) is 25.0. The third-order valence-corrected chi connectivity index (χ3v) is 4.10. The first-order chi connectivity index (χ1) is 11.5. The lowest BCUT2D eigenvalue weighted by atomic mass is 10.2. The highest BCUT2D eigenvalue weighted by Crippen LogP contribution is 2.28. The first kappa shape index (κ1) is 16.5. The van der Waals surface area contributed by atoms with Gasteiger partial charge in [0.2, 0.25) is 0 Å². The molecule has 3 rings (SSSR count). The first-order valence-electron chi connectivity index (χ1n) is 7.59. The zero-order valence-corrected chi connectivity index (χ0v) is 13.6. The van der Waals surface area contributed by atoms with Crippen molar-refractivity contribution in [2.24, 2.45) is 0 Å². The molecular formula is C16H16ClN3O4. The lowest BCUT2D eigenvalue weighted by Crippen LogP contribution is -2.18. The van der Waals surface area contributed by atoms with Crippen LogP contribution in [0.15, 0.2) is 34.7 Å².